The van der Waals surface area contributed by atoms with Gasteiger partial charge in [-0.3, -0.25) is 0 Å². The minimum absolute atomic E-state index is 0.106. The first-order chi connectivity index (χ1) is 7.16. The van der Waals surface area contributed by atoms with E-state index in [2.05, 4.69) is 20.8 Å². The van der Waals surface area contributed by atoms with Crippen LogP contribution in [-0.2, 0) is 0 Å². The number of hydrogen-bond donors (Lipinski definition) is 4. The second kappa shape index (κ2) is 8.01. The monoisotopic (exact) mass is 232 g/mol. The maximum Gasteiger partial charge on any atom is 0.00997 e. The van der Waals surface area contributed by atoms with E-state index in [1.807, 2.05) is 13.8 Å². The molecule has 0 aliphatic heterocycles. The lowest BCUT2D eigenvalue weighted by molar-refractivity contribution is 0.290. The molecule has 0 fully saturated rings. The van der Waals surface area contributed by atoms with Gasteiger partial charge in [0.05, 0.1) is 0 Å². The second-order valence-corrected chi connectivity index (χ2v) is 5.78. The fourth-order valence-electron chi connectivity index (χ4n) is 0.787. The van der Waals surface area contributed by atoms with Crippen LogP contribution in [0.1, 0.15) is 41.0 Å². The summed E-state index contributed by atoms with van der Waals surface area (Å²) in [6, 6.07) is 0.238. The fourth-order valence-corrected chi connectivity index (χ4v) is 0.787. The maximum atomic E-state index is 5.78. The van der Waals surface area contributed by atoms with Crippen LogP contribution in [0.2, 0.25) is 0 Å². The van der Waals surface area contributed by atoms with Crippen LogP contribution >= 0.6 is 0 Å². The third-order valence-electron chi connectivity index (χ3n) is 3.07. The predicted molar refractivity (Wildman–Crippen MR) is 73.0 cm³/mol. The lowest BCUT2D eigenvalue weighted by Crippen LogP contribution is -2.41. The van der Waals surface area contributed by atoms with Crippen molar-refractivity contribution in [2.24, 2.45) is 33.8 Å². The quantitative estimate of drug-likeness (QED) is 0.558. The van der Waals surface area contributed by atoms with E-state index < -0.39 is 0 Å². The number of hydrogen-bond acceptors (Lipinski definition) is 4. The van der Waals surface area contributed by atoms with Crippen LogP contribution in [0.5, 0.6) is 0 Å². The largest absolute Gasteiger partial charge is 0.330 e. The predicted octanol–water partition coefficient (Wildman–Crippen LogP) is 0.639. The van der Waals surface area contributed by atoms with Crippen LogP contribution in [0.15, 0.2) is 0 Å². The molecule has 0 aliphatic rings. The summed E-state index contributed by atoms with van der Waals surface area (Å²) in [7, 11) is 0. The molecule has 0 aromatic heterocycles. The molecule has 0 rings (SSSR count). The SMILES string of the molecule is CC(C)(CN)CN.CCC(N)C(C)(C)CN. The lowest BCUT2D eigenvalue weighted by Gasteiger charge is -2.28. The van der Waals surface area contributed by atoms with Gasteiger partial charge in [-0.25, -0.2) is 0 Å². The van der Waals surface area contributed by atoms with E-state index in [9.17, 15) is 0 Å². The van der Waals surface area contributed by atoms with E-state index >= 15 is 0 Å². The second-order valence-electron chi connectivity index (χ2n) is 5.78. The minimum atomic E-state index is 0.106. The Bertz CT molecular complexity index is 160. The van der Waals surface area contributed by atoms with Crippen LogP contribution in [0.25, 0.3) is 0 Å². The van der Waals surface area contributed by atoms with Gasteiger partial charge in [-0.15, -0.1) is 0 Å². The zero-order chi connectivity index (χ0) is 13.4. The summed E-state index contributed by atoms with van der Waals surface area (Å²) in [4.78, 5) is 0. The number of rotatable bonds is 5. The van der Waals surface area contributed by atoms with Crippen LogP contribution in [0, 0.1) is 10.8 Å². The molecule has 0 aromatic rings. The molecule has 8 N–H and O–H groups in total. The molecule has 0 aliphatic carbocycles. The van der Waals surface area contributed by atoms with E-state index in [4.69, 9.17) is 22.9 Å². The van der Waals surface area contributed by atoms with Crippen molar-refractivity contribution >= 4 is 0 Å². The summed E-state index contributed by atoms with van der Waals surface area (Å²) in [5.41, 5.74) is 22.2. The normalized spacial score (nSPS) is 14.1. The highest BCUT2D eigenvalue weighted by Crippen LogP contribution is 2.18. The van der Waals surface area contributed by atoms with Gasteiger partial charge < -0.3 is 22.9 Å². The molecule has 0 bridgehead atoms. The van der Waals surface area contributed by atoms with Crippen molar-refractivity contribution in [2.75, 3.05) is 19.6 Å². The van der Waals surface area contributed by atoms with Gasteiger partial charge in [-0.05, 0) is 36.9 Å². The van der Waals surface area contributed by atoms with Crippen LogP contribution in [0.3, 0.4) is 0 Å². The molecule has 4 nitrogen and oxygen atoms in total. The molecule has 4 heteroatoms. The van der Waals surface area contributed by atoms with E-state index in [1.165, 1.54) is 0 Å². The first-order valence-corrected chi connectivity index (χ1v) is 6.02. The van der Waals surface area contributed by atoms with Crippen LogP contribution in [-0.4, -0.2) is 25.7 Å². The molecule has 100 valence electrons. The zero-order valence-corrected chi connectivity index (χ0v) is 11.7. The molecule has 0 heterocycles. The average molecular weight is 232 g/mol. The fraction of sp³-hybridized carbons (Fsp3) is 1.00. The third-order valence-corrected chi connectivity index (χ3v) is 3.07. The maximum absolute atomic E-state index is 5.78. The zero-order valence-electron chi connectivity index (χ0n) is 11.7. The molecular weight excluding hydrogens is 200 g/mol. The smallest absolute Gasteiger partial charge is 0.00997 e. The van der Waals surface area contributed by atoms with E-state index in [-0.39, 0.29) is 16.9 Å². The highest BCUT2D eigenvalue weighted by Gasteiger charge is 2.22. The first-order valence-electron chi connectivity index (χ1n) is 6.02. The van der Waals surface area contributed by atoms with Gasteiger partial charge in [0.15, 0.2) is 0 Å². The summed E-state index contributed by atoms with van der Waals surface area (Å²) in [6.07, 6.45) is 1.00. The van der Waals surface area contributed by atoms with Gasteiger partial charge in [0.2, 0.25) is 0 Å². The Morgan fingerprint density at radius 3 is 1.31 bits per heavy atom. The van der Waals surface area contributed by atoms with Crippen molar-refractivity contribution in [3.8, 4) is 0 Å². The van der Waals surface area contributed by atoms with E-state index in [1.54, 1.807) is 0 Å². The third kappa shape index (κ3) is 8.05. The van der Waals surface area contributed by atoms with Crippen molar-refractivity contribution in [3.63, 3.8) is 0 Å². The molecule has 1 atom stereocenters. The van der Waals surface area contributed by atoms with Crippen molar-refractivity contribution in [2.45, 2.75) is 47.1 Å². The van der Waals surface area contributed by atoms with Crippen LogP contribution < -0.4 is 22.9 Å². The highest BCUT2D eigenvalue weighted by atomic mass is 14.7. The Hall–Kier alpha value is -0.160. The Morgan fingerprint density at radius 2 is 1.25 bits per heavy atom. The van der Waals surface area contributed by atoms with Gasteiger partial charge >= 0.3 is 0 Å². The number of nitrogens with two attached hydrogens (primary N) is 4. The Kier molecular flexibility index (Phi) is 9.12. The molecule has 0 saturated heterocycles. The molecule has 0 saturated carbocycles. The summed E-state index contributed by atoms with van der Waals surface area (Å²) in [6.45, 7) is 12.4. The van der Waals surface area contributed by atoms with Gasteiger partial charge in [0.1, 0.15) is 0 Å². The van der Waals surface area contributed by atoms with E-state index in [0.717, 1.165) is 6.42 Å². The molecule has 0 radical (unpaired) electrons. The Balaban J connectivity index is 0. The molecular formula is C12H32N4. The summed E-state index contributed by atoms with van der Waals surface area (Å²) >= 11 is 0. The lowest BCUT2D eigenvalue weighted by atomic mass is 9.84. The van der Waals surface area contributed by atoms with Crippen molar-refractivity contribution in [1.29, 1.82) is 0 Å². The molecule has 0 aromatic carbocycles. The topological polar surface area (TPSA) is 104 Å². The standard InChI is InChI=1S/C7H18N2.C5H14N2/c1-4-6(9)7(2,3)5-8;1-5(2,3-6)4-7/h6H,4-5,8-9H2,1-3H3;3-4,6-7H2,1-2H3. The van der Waals surface area contributed by atoms with Crippen molar-refractivity contribution in [3.05, 3.63) is 0 Å². The van der Waals surface area contributed by atoms with Gasteiger partial charge in [0.25, 0.3) is 0 Å². The van der Waals surface area contributed by atoms with Crippen LogP contribution in [0.4, 0.5) is 0 Å². The first kappa shape index (κ1) is 18.2. The average Bonchev–Trinajstić information content (AvgIpc) is 2.28. The Morgan fingerprint density at radius 1 is 0.875 bits per heavy atom. The molecule has 16 heavy (non-hydrogen) atoms. The van der Waals surface area contributed by atoms with Gasteiger partial charge in [0, 0.05) is 6.04 Å². The summed E-state index contributed by atoms with van der Waals surface area (Å²) < 4.78 is 0. The molecule has 0 spiro atoms. The van der Waals surface area contributed by atoms with E-state index in [0.29, 0.717) is 19.6 Å². The summed E-state index contributed by atoms with van der Waals surface area (Å²) in [5, 5.41) is 0. The van der Waals surface area contributed by atoms with Crippen molar-refractivity contribution in [1.82, 2.24) is 0 Å². The Labute approximate surface area is 101 Å². The highest BCUT2D eigenvalue weighted by molar-refractivity contribution is 4.80. The van der Waals surface area contributed by atoms with Gasteiger partial charge in [-0.1, -0.05) is 34.6 Å². The van der Waals surface area contributed by atoms with Crippen molar-refractivity contribution < 1.29 is 0 Å². The van der Waals surface area contributed by atoms with Gasteiger partial charge in [-0.2, -0.15) is 0 Å². The molecule has 1 unspecified atom stereocenters. The minimum Gasteiger partial charge on any atom is -0.330 e. The molecule has 0 amide bonds. The summed E-state index contributed by atoms with van der Waals surface area (Å²) in [5.74, 6) is 0.